The van der Waals surface area contributed by atoms with Gasteiger partial charge in [0, 0.05) is 45.0 Å². The summed E-state index contributed by atoms with van der Waals surface area (Å²) >= 11 is 0. The van der Waals surface area contributed by atoms with Gasteiger partial charge in [-0.2, -0.15) is 5.26 Å². The molecule has 0 aliphatic carbocycles. The summed E-state index contributed by atoms with van der Waals surface area (Å²) in [5, 5.41) is 18.1. The molecule has 0 unspecified atom stereocenters. The van der Waals surface area contributed by atoms with Crippen molar-refractivity contribution in [2.75, 3.05) is 32.8 Å². The number of aliphatic hydroxyl groups excluding tert-OH is 1. The Morgan fingerprint density at radius 2 is 2.32 bits per heavy atom. The Labute approximate surface area is 131 Å². The average molecular weight is 304 g/mol. The zero-order valence-electron chi connectivity index (χ0n) is 13.2. The number of piperazine rings is 1. The topological polar surface area (TPSA) is 83.4 Å². The largest absolute Gasteiger partial charge is 0.396 e. The number of aromatic amines is 1. The van der Waals surface area contributed by atoms with Gasteiger partial charge in [0.2, 0.25) is 0 Å². The zero-order valence-corrected chi connectivity index (χ0v) is 13.2. The van der Waals surface area contributed by atoms with Gasteiger partial charge in [-0.05, 0) is 18.4 Å². The average Bonchev–Trinajstić information content (AvgIpc) is 2.97. The van der Waals surface area contributed by atoms with E-state index >= 15 is 0 Å². The van der Waals surface area contributed by atoms with Crippen LogP contribution in [0.1, 0.15) is 36.3 Å². The van der Waals surface area contributed by atoms with E-state index in [4.69, 9.17) is 5.26 Å². The molecule has 6 nitrogen and oxygen atoms in total. The number of H-pyrrole nitrogens is 1. The summed E-state index contributed by atoms with van der Waals surface area (Å²) in [6.07, 6.45) is 2.22. The SMILES string of the molecule is CC(C)CN1CCN(C(=O)c2cc(C#N)c[nH]2)C[C@@H]1CCO. The molecule has 1 aromatic rings. The Kier molecular flexibility index (Phi) is 5.58. The highest BCUT2D eigenvalue weighted by Gasteiger charge is 2.30. The van der Waals surface area contributed by atoms with E-state index in [0.717, 1.165) is 13.1 Å². The molecule has 0 radical (unpaired) electrons. The molecule has 1 aliphatic rings. The van der Waals surface area contributed by atoms with Crippen molar-refractivity contribution in [2.24, 2.45) is 5.92 Å². The predicted molar refractivity (Wildman–Crippen MR) is 83.3 cm³/mol. The number of nitriles is 1. The van der Waals surface area contributed by atoms with E-state index in [9.17, 15) is 9.90 Å². The molecule has 0 aromatic carbocycles. The summed E-state index contributed by atoms with van der Waals surface area (Å²) in [6, 6.07) is 3.80. The van der Waals surface area contributed by atoms with Crippen LogP contribution in [0.2, 0.25) is 0 Å². The molecule has 1 amide bonds. The van der Waals surface area contributed by atoms with Gasteiger partial charge < -0.3 is 15.0 Å². The van der Waals surface area contributed by atoms with Crippen molar-refractivity contribution in [1.29, 1.82) is 5.26 Å². The molecule has 1 saturated heterocycles. The number of hydrogen-bond donors (Lipinski definition) is 2. The lowest BCUT2D eigenvalue weighted by Crippen LogP contribution is -2.55. The van der Waals surface area contributed by atoms with Crippen LogP contribution in [0.4, 0.5) is 0 Å². The number of nitrogens with one attached hydrogen (secondary N) is 1. The highest BCUT2D eigenvalue weighted by atomic mass is 16.3. The summed E-state index contributed by atoms with van der Waals surface area (Å²) < 4.78 is 0. The van der Waals surface area contributed by atoms with Gasteiger partial charge in [0.05, 0.1) is 5.56 Å². The van der Waals surface area contributed by atoms with Crippen LogP contribution >= 0.6 is 0 Å². The number of aromatic nitrogens is 1. The monoisotopic (exact) mass is 304 g/mol. The van der Waals surface area contributed by atoms with Gasteiger partial charge in [-0.3, -0.25) is 9.69 Å². The Morgan fingerprint density at radius 1 is 1.55 bits per heavy atom. The first kappa shape index (κ1) is 16.5. The van der Waals surface area contributed by atoms with Crippen molar-refractivity contribution in [2.45, 2.75) is 26.3 Å². The van der Waals surface area contributed by atoms with Crippen LogP contribution in [0.15, 0.2) is 12.3 Å². The van der Waals surface area contributed by atoms with E-state index in [1.165, 1.54) is 0 Å². The second kappa shape index (κ2) is 7.43. The number of hydrogen-bond acceptors (Lipinski definition) is 4. The van der Waals surface area contributed by atoms with Crippen molar-refractivity contribution in [3.05, 3.63) is 23.5 Å². The van der Waals surface area contributed by atoms with E-state index in [1.54, 1.807) is 12.3 Å². The van der Waals surface area contributed by atoms with Crippen LogP contribution in [0.25, 0.3) is 0 Å². The molecule has 6 heteroatoms. The molecule has 0 bridgehead atoms. The minimum absolute atomic E-state index is 0.0753. The normalized spacial score (nSPS) is 19.4. The predicted octanol–water partition coefficient (Wildman–Crippen LogP) is 1.05. The lowest BCUT2D eigenvalue weighted by atomic mass is 10.1. The Bertz CT molecular complexity index is 547. The first-order chi connectivity index (χ1) is 10.5. The van der Waals surface area contributed by atoms with Crippen molar-refractivity contribution in [1.82, 2.24) is 14.8 Å². The Balaban J connectivity index is 2.04. The molecule has 1 aliphatic heterocycles. The summed E-state index contributed by atoms with van der Waals surface area (Å²) in [6.45, 7) is 7.57. The minimum atomic E-state index is -0.0753. The van der Waals surface area contributed by atoms with Crippen molar-refractivity contribution in [3.63, 3.8) is 0 Å². The van der Waals surface area contributed by atoms with Crippen LogP contribution < -0.4 is 0 Å². The molecule has 1 fully saturated rings. The number of carbonyl (C=O) groups excluding carboxylic acids is 1. The Morgan fingerprint density at radius 3 is 2.91 bits per heavy atom. The van der Waals surface area contributed by atoms with Gasteiger partial charge in [-0.1, -0.05) is 13.8 Å². The maximum atomic E-state index is 12.5. The number of carbonyl (C=O) groups is 1. The second-order valence-electron chi connectivity index (χ2n) is 6.22. The van der Waals surface area contributed by atoms with Crippen LogP contribution in [0.3, 0.4) is 0 Å². The summed E-state index contributed by atoms with van der Waals surface area (Å²) in [5.74, 6) is 0.485. The van der Waals surface area contributed by atoms with Crippen molar-refractivity contribution >= 4 is 5.91 Å². The molecule has 1 atom stereocenters. The number of amides is 1. The molecule has 120 valence electrons. The zero-order chi connectivity index (χ0) is 16.1. The Hall–Kier alpha value is -1.84. The molecule has 22 heavy (non-hydrogen) atoms. The van der Waals surface area contributed by atoms with Gasteiger partial charge in [-0.25, -0.2) is 0 Å². The fraction of sp³-hybridized carbons (Fsp3) is 0.625. The van der Waals surface area contributed by atoms with Crippen LogP contribution in [-0.4, -0.2) is 64.6 Å². The molecule has 1 aromatic heterocycles. The van der Waals surface area contributed by atoms with E-state index in [-0.39, 0.29) is 18.6 Å². The molecule has 2 heterocycles. The number of rotatable bonds is 5. The quantitative estimate of drug-likeness (QED) is 0.852. The lowest BCUT2D eigenvalue weighted by molar-refractivity contribution is 0.0381. The molecular formula is C16H24N4O2. The van der Waals surface area contributed by atoms with Crippen LogP contribution in [0, 0.1) is 17.2 Å². The maximum absolute atomic E-state index is 12.5. The summed E-state index contributed by atoms with van der Waals surface area (Å²) in [7, 11) is 0. The highest BCUT2D eigenvalue weighted by Crippen LogP contribution is 2.17. The molecule has 2 rings (SSSR count). The second-order valence-corrected chi connectivity index (χ2v) is 6.22. The van der Waals surface area contributed by atoms with Gasteiger partial charge in [-0.15, -0.1) is 0 Å². The minimum Gasteiger partial charge on any atom is -0.396 e. The fourth-order valence-electron chi connectivity index (χ4n) is 2.96. The third-order valence-electron chi connectivity index (χ3n) is 4.00. The maximum Gasteiger partial charge on any atom is 0.270 e. The van der Waals surface area contributed by atoms with Crippen LogP contribution in [-0.2, 0) is 0 Å². The van der Waals surface area contributed by atoms with E-state index in [2.05, 4.69) is 23.7 Å². The number of aliphatic hydroxyl groups is 1. The summed E-state index contributed by atoms with van der Waals surface area (Å²) in [5.41, 5.74) is 0.922. The highest BCUT2D eigenvalue weighted by molar-refractivity contribution is 5.93. The fourth-order valence-corrected chi connectivity index (χ4v) is 2.96. The third-order valence-corrected chi connectivity index (χ3v) is 4.00. The van der Waals surface area contributed by atoms with Crippen LogP contribution in [0.5, 0.6) is 0 Å². The molecule has 0 spiro atoms. The first-order valence-electron chi connectivity index (χ1n) is 7.77. The smallest absolute Gasteiger partial charge is 0.270 e. The van der Waals surface area contributed by atoms with Crippen molar-refractivity contribution < 1.29 is 9.90 Å². The molecular weight excluding hydrogens is 280 g/mol. The standard InChI is InChI=1S/C16H24N4O2/c1-12(2)10-19-4-5-20(11-14(19)3-6-21)16(22)15-7-13(8-17)9-18-15/h7,9,12,14,18,21H,3-6,10-11H2,1-2H3/t14-/m0/s1. The lowest BCUT2D eigenvalue weighted by Gasteiger charge is -2.42. The van der Waals surface area contributed by atoms with Gasteiger partial charge in [0.15, 0.2) is 0 Å². The first-order valence-corrected chi connectivity index (χ1v) is 7.77. The van der Waals surface area contributed by atoms with Gasteiger partial charge in [0.1, 0.15) is 11.8 Å². The summed E-state index contributed by atoms with van der Waals surface area (Å²) in [4.78, 5) is 19.6. The molecule has 2 N–H and O–H groups in total. The van der Waals surface area contributed by atoms with Crippen molar-refractivity contribution in [3.8, 4) is 6.07 Å². The number of nitrogens with zero attached hydrogens (tertiary/aromatic N) is 3. The third kappa shape index (κ3) is 3.87. The van der Waals surface area contributed by atoms with E-state index in [1.807, 2.05) is 11.0 Å². The molecule has 0 saturated carbocycles. The van der Waals surface area contributed by atoms with Gasteiger partial charge in [0.25, 0.3) is 5.91 Å². The van der Waals surface area contributed by atoms with E-state index in [0.29, 0.717) is 36.7 Å². The van der Waals surface area contributed by atoms with E-state index < -0.39 is 0 Å². The van der Waals surface area contributed by atoms with Gasteiger partial charge >= 0.3 is 0 Å².